The molecule has 1 N–H and O–H groups in total. The van der Waals surface area contributed by atoms with Gasteiger partial charge in [0.15, 0.2) is 0 Å². The Hall–Kier alpha value is -4.75. The molecule has 0 radical (unpaired) electrons. The lowest BCUT2D eigenvalue weighted by atomic mass is 9.91. The van der Waals surface area contributed by atoms with E-state index in [9.17, 15) is 19.2 Å². The van der Waals surface area contributed by atoms with Gasteiger partial charge in [-0.2, -0.15) is 0 Å². The third kappa shape index (κ3) is 7.82. The molecule has 4 heterocycles. The fourth-order valence-corrected chi connectivity index (χ4v) is 8.67. The highest BCUT2D eigenvalue weighted by Gasteiger charge is 2.40. The molecule has 4 amide bonds. The molecule has 2 fully saturated rings. The second-order valence-electron chi connectivity index (χ2n) is 14.9. The fraction of sp³-hybridized carbons (Fsp3) is 0.476. The van der Waals surface area contributed by atoms with Gasteiger partial charge in [-0.05, 0) is 72.9 Å². The Morgan fingerprint density at radius 3 is 2.51 bits per heavy atom. The number of halogens is 1. The monoisotopic (exact) mass is 734 g/mol. The van der Waals surface area contributed by atoms with E-state index >= 15 is 0 Å². The van der Waals surface area contributed by atoms with E-state index in [2.05, 4.69) is 40.9 Å². The number of piperazine rings is 1. The number of fused-ring (bicyclic) bond motifs is 2. The summed E-state index contributed by atoms with van der Waals surface area (Å²) in [6, 6.07) is 12.6. The zero-order valence-electron chi connectivity index (χ0n) is 30.6. The normalized spacial score (nSPS) is 21.5. The molecule has 0 bridgehead atoms. The average Bonchev–Trinajstić information content (AvgIpc) is 3.66. The summed E-state index contributed by atoms with van der Waals surface area (Å²) in [7, 11) is 0. The maximum atomic E-state index is 14.1. The number of hydrogen-bond donors (Lipinski definition) is 1. The minimum absolute atomic E-state index is 0.179. The Morgan fingerprint density at radius 1 is 0.962 bits per heavy atom. The Labute approximate surface area is 316 Å². The molecule has 276 valence electrons. The first-order valence-electron chi connectivity index (χ1n) is 19.1. The zero-order valence-corrected chi connectivity index (χ0v) is 31.3. The van der Waals surface area contributed by atoms with Crippen LogP contribution >= 0.6 is 11.6 Å². The van der Waals surface area contributed by atoms with Gasteiger partial charge in [0.25, 0.3) is 5.91 Å². The SMILES string of the molecule is C[C@@H]1C[C@@H](C)c2c1ncnc2N1CCN(C(=O)[C@H](CCCCCCC#Cc2cccc3c2CN(C2CCC(=O)NC2=O)C3=O)c2ccc(Cl)cc2)CC1. The predicted octanol–water partition coefficient (Wildman–Crippen LogP) is 6.33. The zero-order chi connectivity index (χ0) is 37.1. The highest BCUT2D eigenvalue weighted by atomic mass is 35.5. The predicted molar refractivity (Wildman–Crippen MR) is 204 cm³/mol. The summed E-state index contributed by atoms with van der Waals surface area (Å²) < 4.78 is 0. The molecule has 2 aromatic carbocycles. The van der Waals surface area contributed by atoms with E-state index in [-0.39, 0.29) is 30.1 Å². The van der Waals surface area contributed by atoms with Gasteiger partial charge in [-0.3, -0.25) is 24.5 Å². The Balaban J connectivity index is 0.904. The van der Waals surface area contributed by atoms with Gasteiger partial charge in [-0.25, -0.2) is 9.97 Å². The highest BCUT2D eigenvalue weighted by Crippen LogP contribution is 2.44. The van der Waals surface area contributed by atoms with Gasteiger partial charge < -0.3 is 14.7 Å². The first-order valence-corrected chi connectivity index (χ1v) is 19.5. The maximum absolute atomic E-state index is 14.1. The molecule has 0 saturated carbocycles. The molecule has 0 spiro atoms. The number of benzene rings is 2. The molecule has 4 atom stereocenters. The van der Waals surface area contributed by atoms with E-state index in [4.69, 9.17) is 16.6 Å². The number of hydrogen-bond acceptors (Lipinski definition) is 7. The quantitative estimate of drug-likeness (QED) is 0.147. The number of carbonyl (C=O) groups excluding carboxylic acids is 4. The number of anilines is 1. The standard InChI is InChI=1S/C42H47ClN6O4/c1-27-24-28(2)38-37(27)39(45-26-44-38)47-20-22-48(23-21-47)41(52)32(30-14-16-31(43)17-15-30)12-8-6-4-3-5-7-10-29-11-9-13-33-34(29)25-49(42(33)53)35-18-19-36(50)46-40(35)51/h9,11,13-17,26-28,32,35H,3-6,8,12,18-25H2,1-2H3,(H,46,50,51)/t27-,28-,32-,35?/m1/s1. The molecule has 2 saturated heterocycles. The number of nitrogens with zero attached hydrogens (tertiary/aromatic N) is 5. The molecule has 1 unspecified atom stereocenters. The Morgan fingerprint density at radius 2 is 1.74 bits per heavy atom. The second-order valence-corrected chi connectivity index (χ2v) is 15.4. The van der Waals surface area contributed by atoms with Crippen molar-refractivity contribution < 1.29 is 19.2 Å². The summed E-state index contributed by atoms with van der Waals surface area (Å²) in [5, 5.41) is 3.02. The molecule has 11 heteroatoms. The average molecular weight is 735 g/mol. The van der Waals surface area contributed by atoms with Crippen LogP contribution in [0.15, 0.2) is 48.8 Å². The van der Waals surface area contributed by atoms with Gasteiger partial charge in [0.2, 0.25) is 17.7 Å². The van der Waals surface area contributed by atoms with Crippen LogP contribution in [0.2, 0.25) is 5.02 Å². The van der Waals surface area contributed by atoms with Gasteiger partial charge in [-0.1, -0.05) is 74.8 Å². The number of nitrogens with one attached hydrogen (secondary N) is 1. The molecular weight excluding hydrogens is 688 g/mol. The molecule has 10 nitrogen and oxygen atoms in total. The van der Waals surface area contributed by atoms with Crippen LogP contribution in [0.4, 0.5) is 5.82 Å². The number of aromatic nitrogens is 2. The first-order chi connectivity index (χ1) is 25.7. The van der Waals surface area contributed by atoms with E-state index in [1.54, 1.807) is 17.3 Å². The van der Waals surface area contributed by atoms with Gasteiger partial charge in [0.05, 0.1) is 11.6 Å². The van der Waals surface area contributed by atoms with Gasteiger partial charge in [0.1, 0.15) is 18.2 Å². The lowest BCUT2D eigenvalue weighted by molar-refractivity contribution is -0.137. The third-order valence-corrected chi connectivity index (χ3v) is 11.6. The molecule has 1 aromatic heterocycles. The van der Waals surface area contributed by atoms with Crippen molar-refractivity contribution in [3.05, 3.63) is 87.3 Å². The third-order valence-electron chi connectivity index (χ3n) is 11.4. The van der Waals surface area contributed by atoms with Crippen LogP contribution < -0.4 is 10.2 Å². The number of imide groups is 1. The van der Waals surface area contributed by atoms with Crippen molar-refractivity contribution in [3.63, 3.8) is 0 Å². The minimum atomic E-state index is -0.642. The second kappa shape index (κ2) is 16.1. The molecule has 3 aromatic rings. The summed E-state index contributed by atoms with van der Waals surface area (Å²) in [5.41, 5.74) is 5.69. The smallest absolute Gasteiger partial charge is 0.255 e. The number of piperidine rings is 1. The molecule has 53 heavy (non-hydrogen) atoms. The van der Waals surface area contributed by atoms with Crippen molar-refractivity contribution in [2.75, 3.05) is 31.1 Å². The van der Waals surface area contributed by atoms with Crippen LogP contribution in [0.25, 0.3) is 0 Å². The largest absolute Gasteiger partial charge is 0.353 e. The van der Waals surface area contributed by atoms with E-state index in [1.807, 2.05) is 41.3 Å². The van der Waals surface area contributed by atoms with E-state index in [0.29, 0.717) is 48.5 Å². The number of rotatable bonds is 10. The Kier molecular flexibility index (Phi) is 11.1. The molecule has 1 aliphatic carbocycles. The summed E-state index contributed by atoms with van der Waals surface area (Å²) in [4.78, 5) is 66.5. The summed E-state index contributed by atoms with van der Waals surface area (Å²) >= 11 is 6.22. The van der Waals surface area contributed by atoms with Crippen molar-refractivity contribution in [1.82, 2.24) is 25.1 Å². The van der Waals surface area contributed by atoms with Crippen molar-refractivity contribution >= 4 is 41.0 Å². The van der Waals surface area contributed by atoms with E-state index < -0.39 is 11.9 Å². The van der Waals surface area contributed by atoms with Crippen LogP contribution in [-0.2, 0) is 20.9 Å². The fourth-order valence-electron chi connectivity index (χ4n) is 8.54. The first kappa shape index (κ1) is 36.6. The van der Waals surface area contributed by atoms with Crippen LogP contribution in [0.3, 0.4) is 0 Å². The minimum Gasteiger partial charge on any atom is -0.353 e. The summed E-state index contributed by atoms with van der Waals surface area (Å²) in [6.45, 7) is 7.66. The molecular formula is C42H47ClN6O4. The van der Waals surface area contributed by atoms with E-state index in [0.717, 1.165) is 80.5 Å². The number of carbonyl (C=O) groups is 4. The molecule has 3 aliphatic heterocycles. The maximum Gasteiger partial charge on any atom is 0.255 e. The topological polar surface area (TPSA) is 116 Å². The summed E-state index contributed by atoms with van der Waals surface area (Å²) in [6.07, 6.45) is 8.73. The lowest BCUT2D eigenvalue weighted by Gasteiger charge is -2.38. The Bertz CT molecular complexity index is 1950. The lowest BCUT2D eigenvalue weighted by Crippen LogP contribution is -2.52. The van der Waals surface area contributed by atoms with Crippen molar-refractivity contribution in [3.8, 4) is 11.8 Å². The van der Waals surface area contributed by atoms with Crippen LogP contribution in [0.5, 0.6) is 0 Å². The van der Waals surface area contributed by atoms with Crippen molar-refractivity contribution in [1.29, 1.82) is 0 Å². The number of amides is 4. The van der Waals surface area contributed by atoms with Gasteiger partial charge in [-0.15, -0.1) is 0 Å². The van der Waals surface area contributed by atoms with Gasteiger partial charge in [0, 0.05) is 67.3 Å². The van der Waals surface area contributed by atoms with Crippen LogP contribution in [-0.4, -0.2) is 75.6 Å². The molecule has 4 aliphatic rings. The van der Waals surface area contributed by atoms with E-state index in [1.165, 1.54) is 11.3 Å². The summed E-state index contributed by atoms with van der Waals surface area (Å²) in [5.74, 6) is 7.54. The van der Waals surface area contributed by atoms with Crippen LogP contribution in [0.1, 0.15) is 128 Å². The molecule has 7 rings (SSSR count). The van der Waals surface area contributed by atoms with Crippen LogP contribution in [0, 0.1) is 11.8 Å². The van der Waals surface area contributed by atoms with Crippen molar-refractivity contribution in [2.45, 2.75) is 102 Å². The van der Waals surface area contributed by atoms with Crippen molar-refractivity contribution in [2.24, 2.45) is 0 Å². The number of unbranched alkanes of at least 4 members (excludes halogenated alkanes) is 4. The van der Waals surface area contributed by atoms with Gasteiger partial charge >= 0.3 is 0 Å². The highest BCUT2D eigenvalue weighted by molar-refractivity contribution is 6.30.